The molecular formula is C18H12BrF2N3O3. The molecule has 0 fully saturated rings. The molecule has 0 aliphatic heterocycles. The van der Waals surface area contributed by atoms with E-state index in [9.17, 15) is 23.5 Å². The van der Waals surface area contributed by atoms with Gasteiger partial charge in [0.05, 0.1) is 0 Å². The molecule has 1 amide bonds. The van der Waals surface area contributed by atoms with Crippen molar-refractivity contribution in [1.82, 2.24) is 14.9 Å². The largest absolute Gasteiger partial charge is 0.479 e. The zero-order valence-corrected chi connectivity index (χ0v) is 15.2. The number of benzene rings is 2. The van der Waals surface area contributed by atoms with Gasteiger partial charge in [0.2, 0.25) is 0 Å². The first kappa shape index (κ1) is 18.7. The molecule has 9 heteroatoms. The van der Waals surface area contributed by atoms with Crippen LogP contribution in [0.4, 0.5) is 8.78 Å². The second-order valence-corrected chi connectivity index (χ2v) is 6.47. The van der Waals surface area contributed by atoms with Gasteiger partial charge in [-0.1, -0.05) is 22.0 Å². The van der Waals surface area contributed by atoms with Crippen LogP contribution in [0, 0.1) is 11.6 Å². The minimum Gasteiger partial charge on any atom is -0.479 e. The smallest absolute Gasteiger partial charge is 0.331 e. The number of aliphatic carboxylic acids is 1. The first-order chi connectivity index (χ1) is 12.8. The number of hydrogen-bond acceptors (Lipinski definition) is 3. The molecular weight excluding hydrogens is 424 g/mol. The van der Waals surface area contributed by atoms with Gasteiger partial charge in [-0.2, -0.15) is 0 Å². The summed E-state index contributed by atoms with van der Waals surface area (Å²) in [4.78, 5) is 27.8. The second kappa shape index (κ2) is 7.67. The molecule has 0 unspecified atom stereocenters. The summed E-state index contributed by atoms with van der Waals surface area (Å²) in [6.45, 7) is 0. The Kier molecular flexibility index (Phi) is 5.31. The van der Waals surface area contributed by atoms with Crippen molar-refractivity contribution in [1.29, 1.82) is 0 Å². The number of rotatable bonds is 5. The predicted molar refractivity (Wildman–Crippen MR) is 95.5 cm³/mol. The monoisotopic (exact) mass is 435 g/mol. The first-order valence-corrected chi connectivity index (χ1v) is 8.43. The number of carboxylic acid groups (broad SMARTS) is 1. The third kappa shape index (κ3) is 4.20. The number of aromatic nitrogens is 2. The third-order valence-electron chi connectivity index (χ3n) is 3.74. The normalized spacial score (nSPS) is 11.8. The summed E-state index contributed by atoms with van der Waals surface area (Å²) in [5.41, 5.74) is 0.334. The molecule has 6 nitrogen and oxygen atoms in total. The van der Waals surface area contributed by atoms with Crippen molar-refractivity contribution in [2.75, 3.05) is 0 Å². The van der Waals surface area contributed by atoms with Crippen molar-refractivity contribution >= 4 is 27.8 Å². The van der Waals surface area contributed by atoms with Gasteiger partial charge in [-0.3, -0.25) is 4.79 Å². The summed E-state index contributed by atoms with van der Waals surface area (Å²) in [5.74, 6) is -4.20. The standard InChI is InChI=1S/C18H12BrF2N3O3/c19-10-1-4-12(5-2-10)24-8-15(22-9-24)17(25)23-16(18(26)27)13-6-3-11(20)7-14(13)21/h1-9,16H,(H,23,25)(H,26,27)/t16-/m0/s1. The number of carbonyl (C=O) groups excluding carboxylic acids is 1. The molecule has 1 aromatic heterocycles. The lowest BCUT2D eigenvalue weighted by Gasteiger charge is -2.15. The van der Waals surface area contributed by atoms with E-state index in [1.807, 2.05) is 12.1 Å². The van der Waals surface area contributed by atoms with Crippen molar-refractivity contribution < 1.29 is 23.5 Å². The summed E-state index contributed by atoms with van der Waals surface area (Å²) in [6.07, 6.45) is 2.81. The van der Waals surface area contributed by atoms with E-state index in [-0.39, 0.29) is 11.3 Å². The number of halogens is 3. The number of carbonyl (C=O) groups is 2. The van der Waals surface area contributed by atoms with Crippen LogP contribution >= 0.6 is 15.9 Å². The van der Waals surface area contributed by atoms with E-state index in [0.717, 1.165) is 22.3 Å². The fourth-order valence-corrected chi connectivity index (χ4v) is 2.67. The molecule has 0 bridgehead atoms. The molecule has 0 spiro atoms. The highest BCUT2D eigenvalue weighted by Gasteiger charge is 2.26. The van der Waals surface area contributed by atoms with Gasteiger partial charge in [-0.05, 0) is 30.3 Å². The number of hydrogen-bond donors (Lipinski definition) is 2. The van der Waals surface area contributed by atoms with Crippen LogP contribution in [0.25, 0.3) is 5.69 Å². The Morgan fingerprint density at radius 3 is 2.48 bits per heavy atom. The highest BCUT2D eigenvalue weighted by atomic mass is 79.9. The summed E-state index contributed by atoms with van der Waals surface area (Å²) in [5, 5.41) is 11.5. The number of nitrogens with one attached hydrogen (secondary N) is 1. The van der Waals surface area contributed by atoms with E-state index < -0.39 is 29.6 Å². The molecule has 138 valence electrons. The Bertz CT molecular complexity index is 1010. The maximum atomic E-state index is 13.9. The minimum atomic E-state index is -1.68. The lowest BCUT2D eigenvalue weighted by molar-refractivity contribution is -0.139. The Morgan fingerprint density at radius 1 is 1.15 bits per heavy atom. The maximum absolute atomic E-state index is 13.9. The van der Waals surface area contributed by atoms with Crippen LogP contribution in [0.2, 0.25) is 0 Å². The van der Waals surface area contributed by atoms with Crippen LogP contribution < -0.4 is 5.32 Å². The van der Waals surface area contributed by atoms with E-state index in [1.165, 1.54) is 12.5 Å². The average Bonchev–Trinajstić information content (AvgIpc) is 3.11. The minimum absolute atomic E-state index is 0.0494. The maximum Gasteiger partial charge on any atom is 0.331 e. The molecule has 0 saturated carbocycles. The Morgan fingerprint density at radius 2 is 1.85 bits per heavy atom. The molecule has 0 radical (unpaired) electrons. The number of nitrogens with zero attached hydrogens (tertiary/aromatic N) is 2. The summed E-state index contributed by atoms with van der Waals surface area (Å²) < 4.78 is 29.4. The van der Waals surface area contributed by atoms with Crippen molar-refractivity contribution in [3.05, 3.63) is 82.4 Å². The molecule has 0 aliphatic carbocycles. The predicted octanol–water partition coefficient (Wildman–Crippen LogP) is 3.47. The summed E-state index contributed by atoms with van der Waals surface area (Å²) in [7, 11) is 0. The molecule has 1 heterocycles. The van der Waals surface area contributed by atoms with Crippen LogP contribution in [0.1, 0.15) is 22.1 Å². The highest BCUT2D eigenvalue weighted by Crippen LogP contribution is 2.20. The van der Waals surface area contributed by atoms with Gasteiger partial charge in [-0.25, -0.2) is 18.6 Å². The zero-order valence-electron chi connectivity index (χ0n) is 13.6. The van der Waals surface area contributed by atoms with E-state index >= 15 is 0 Å². The van der Waals surface area contributed by atoms with Gasteiger partial charge in [-0.15, -0.1) is 0 Å². The van der Waals surface area contributed by atoms with Crippen LogP contribution in [-0.4, -0.2) is 26.5 Å². The van der Waals surface area contributed by atoms with Gasteiger partial charge < -0.3 is 15.0 Å². The molecule has 0 aliphatic rings. The van der Waals surface area contributed by atoms with Gasteiger partial charge in [0, 0.05) is 28.0 Å². The summed E-state index contributed by atoms with van der Waals surface area (Å²) >= 11 is 3.32. The Labute approximate surface area is 160 Å². The summed E-state index contributed by atoms with van der Waals surface area (Å²) in [6, 6.07) is 7.98. The van der Waals surface area contributed by atoms with Gasteiger partial charge in [0.1, 0.15) is 23.7 Å². The molecule has 3 rings (SSSR count). The second-order valence-electron chi connectivity index (χ2n) is 5.55. The lowest BCUT2D eigenvalue weighted by atomic mass is 10.1. The van der Waals surface area contributed by atoms with Crippen molar-refractivity contribution in [3.8, 4) is 5.69 Å². The van der Waals surface area contributed by atoms with Gasteiger partial charge >= 0.3 is 5.97 Å². The molecule has 0 saturated heterocycles. The SMILES string of the molecule is O=C(N[C@H](C(=O)O)c1ccc(F)cc1F)c1cn(-c2ccc(Br)cc2)cn1. The van der Waals surface area contributed by atoms with Gasteiger partial charge in [0.25, 0.3) is 5.91 Å². The quantitative estimate of drug-likeness (QED) is 0.642. The van der Waals surface area contributed by atoms with E-state index in [2.05, 4.69) is 26.2 Å². The molecule has 27 heavy (non-hydrogen) atoms. The zero-order chi connectivity index (χ0) is 19.6. The van der Waals surface area contributed by atoms with Crippen LogP contribution in [0.15, 0.2) is 59.5 Å². The Balaban J connectivity index is 1.82. The highest BCUT2D eigenvalue weighted by molar-refractivity contribution is 9.10. The van der Waals surface area contributed by atoms with Crippen molar-refractivity contribution in [2.24, 2.45) is 0 Å². The van der Waals surface area contributed by atoms with Crippen molar-refractivity contribution in [2.45, 2.75) is 6.04 Å². The van der Waals surface area contributed by atoms with E-state index in [1.54, 1.807) is 16.7 Å². The number of carboxylic acids is 1. The fourth-order valence-electron chi connectivity index (χ4n) is 2.41. The average molecular weight is 436 g/mol. The van der Waals surface area contributed by atoms with Crippen molar-refractivity contribution in [3.63, 3.8) is 0 Å². The molecule has 3 aromatic rings. The Hall–Kier alpha value is -3.07. The topological polar surface area (TPSA) is 84.2 Å². The molecule has 1 atom stereocenters. The lowest BCUT2D eigenvalue weighted by Crippen LogP contribution is -2.34. The van der Waals surface area contributed by atoms with Crippen LogP contribution in [0.5, 0.6) is 0 Å². The first-order valence-electron chi connectivity index (χ1n) is 7.63. The van der Waals surface area contributed by atoms with E-state index in [0.29, 0.717) is 6.07 Å². The third-order valence-corrected chi connectivity index (χ3v) is 4.26. The van der Waals surface area contributed by atoms with Crippen LogP contribution in [0.3, 0.4) is 0 Å². The number of imidazole rings is 1. The fraction of sp³-hybridized carbons (Fsp3) is 0.0556. The molecule has 2 aromatic carbocycles. The van der Waals surface area contributed by atoms with Gasteiger partial charge in [0.15, 0.2) is 6.04 Å². The number of amides is 1. The molecule has 2 N–H and O–H groups in total. The van der Waals surface area contributed by atoms with E-state index in [4.69, 9.17) is 0 Å². The van der Waals surface area contributed by atoms with Crippen LogP contribution in [-0.2, 0) is 4.79 Å².